The summed E-state index contributed by atoms with van der Waals surface area (Å²) < 4.78 is 0. The fourth-order valence-corrected chi connectivity index (χ4v) is 5.58. The number of rotatable bonds is 9. The lowest BCUT2D eigenvalue weighted by Gasteiger charge is -2.27. The average Bonchev–Trinajstić information content (AvgIpc) is 3.05. The van der Waals surface area contributed by atoms with Gasteiger partial charge >= 0.3 is 0 Å². The van der Waals surface area contributed by atoms with Crippen molar-refractivity contribution in [1.29, 1.82) is 0 Å². The highest BCUT2D eigenvalue weighted by Gasteiger charge is 2.17. The van der Waals surface area contributed by atoms with E-state index in [0.29, 0.717) is 5.92 Å². The maximum atomic E-state index is 2.31. The van der Waals surface area contributed by atoms with Crippen molar-refractivity contribution >= 4 is 34.1 Å². The summed E-state index contributed by atoms with van der Waals surface area (Å²) in [6, 6.07) is 60.4. The van der Waals surface area contributed by atoms with Crippen molar-refractivity contribution in [3.63, 3.8) is 0 Å². The first kappa shape index (κ1) is 26.2. The average molecular weight is 531 g/mol. The van der Waals surface area contributed by atoms with Crippen LogP contribution in [0.25, 0.3) is 0 Å². The van der Waals surface area contributed by atoms with Crippen LogP contribution >= 0.6 is 0 Å². The molecule has 6 rings (SSSR count). The van der Waals surface area contributed by atoms with Gasteiger partial charge in [0.1, 0.15) is 0 Å². The number of anilines is 6. The molecule has 0 aliphatic carbocycles. The molecule has 0 amide bonds. The quantitative estimate of drug-likeness (QED) is 0.183. The number of benzene rings is 6. The third kappa shape index (κ3) is 5.78. The van der Waals surface area contributed by atoms with Crippen molar-refractivity contribution in [2.45, 2.75) is 19.3 Å². The second kappa shape index (κ2) is 12.4. The molecular formula is C39H34N2. The van der Waals surface area contributed by atoms with Gasteiger partial charge < -0.3 is 9.80 Å². The molecule has 0 heterocycles. The minimum atomic E-state index is 0.321. The lowest BCUT2D eigenvalue weighted by Crippen LogP contribution is -2.10. The Morgan fingerprint density at radius 2 is 0.585 bits per heavy atom. The summed E-state index contributed by atoms with van der Waals surface area (Å²) in [5.41, 5.74) is 9.55. The Balaban J connectivity index is 1.29. The molecule has 0 bridgehead atoms. The third-order valence-electron chi connectivity index (χ3n) is 7.57. The van der Waals surface area contributed by atoms with Gasteiger partial charge in [-0.05, 0) is 90.3 Å². The van der Waals surface area contributed by atoms with Gasteiger partial charge in [-0.3, -0.25) is 0 Å². The molecule has 0 spiro atoms. The zero-order chi connectivity index (χ0) is 27.9. The monoisotopic (exact) mass is 530 g/mol. The second-order valence-electron chi connectivity index (χ2n) is 10.2. The van der Waals surface area contributed by atoms with E-state index in [4.69, 9.17) is 0 Å². The maximum Gasteiger partial charge on any atom is 0.0461 e. The Hall–Kier alpha value is -5.08. The van der Waals surface area contributed by atoms with Crippen molar-refractivity contribution in [3.8, 4) is 0 Å². The topological polar surface area (TPSA) is 6.48 Å². The van der Waals surface area contributed by atoms with Gasteiger partial charge in [-0.1, -0.05) is 104 Å². The highest BCUT2D eigenvalue weighted by atomic mass is 15.1. The molecule has 41 heavy (non-hydrogen) atoms. The number of hydrogen-bond donors (Lipinski definition) is 0. The molecule has 0 aliphatic rings. The molecule has 0 saturated heterocycles. The summed E-state index contributed by atoms with van der Waals surface area (Å²) in [5.74, 6) is 0.321. The van der Waals surface area contributed by atoms with Crippen molar-refractivity contribution < 1.29 is 0 Å². The minimum absolute atomic E-state index is 0.321. The molecule has 0 N–H and O–H groups in total. The molecule has 0 aromatic heterocycles. The first-order valence-corrected chi connectivity index (χ1v) is 14.3. The first-order valence-electron chi connectivity index (χ1n) is 14.3. The predicted octanol–water partition coefficient (Wildman–Crippen LogP) is 11.2. The highest BCUT2D eigenvalue weighted by molar-refractivity contribution is 5.77. The predicted molar refractivity (Wildman–Crippen MR) is 174 cm³/mol. The van der Waals surface area contributed by atoms with Crippen LogP contribution in [0, 0.1) is 0 Å². The van der Waals surface area contributed by atoms with Crippen LogP contribution in [0.4, 0.5) is 34.1 Å². The standard InChI is InChI=1S/C39H34N2/c1-2-39(31-23-27-37(28-24-31)40(33-15-7-3-8-16-33)34-17-9-4-10-18-34)32-25-29-38(30-26-32)41(35-19-11-5-12-20-35)36-21-13-6-14-22-36/h3-30,39H,2H2,1H3. The zero-order valence-corrected chi connectivity index (χ0v) is 23.3. The molecular weight excluding hydrogens is 496 g/mol. The van der Waals surface area contributed by atoms with Gasteiger partial charge in [0.25, 0.3) is 0 Å². The van der Waals surface area contributed by atoms with Crippen LogP contribution in [0.3, 0.4) is 0 Å². The van der Waals surface area contributed by atoms with Crippen LogP contribution in [0.1, 0.15) is 30.4 Å². The van der Waals surface area contributed by atoms with E-state index in [-0.39, 0.29) is 0 Å². The van der Waals surface area contributed by atoms with Gasteiger partial charge in [-0.15, -0.1) is 0 Å². The van der Waals surface area contributed by atoms with E-state index >= 15 is 0 Å². The summed E-state index contributed by atoms with van der Waals surface area (Å²) >= 11 is 0. The van der Waals surface area contributed by atoms with E-state index in [9.17, 15) is 0 Å². The van der Waals surface area contributed by atoms with Crippen molar-refractivity contribution in [1.82, 2.24) is 0 Å². The molecule has 6 aromatic rings. The maximum absolute atomic E-state index is 2.31. The number of para-hydroxylation sites is 4. The molecule has 0 radical (unpaired) electrons. The SMILES string of the molecule is CCC(c1ccc(N(c2ccccc2)c2ccccc2)cc1)c1ccc(N(c2ccccc2)c2ccccc2)cc1. The summed E-state index contributed by atoms with van der Waals surface area (Å²) in [5, 5.41) is 0. The lowest BCUT2D eigenvalue weighted by atomic mass is 9.89. The molecule has 0 unspecified atom stereocenters. The smallest absolute Gasteiger partial charge is 0.0461 e. The van der Waals surface area contributed by atoms with Gasteiger partial charge in [-0.25, -0.2) is 0 Å². The Morgan fingerprint density at radius 3 is 0.829 bits per heavy atom. The van der Waals surface area contributed by atoms with Crippen molar-refractivity contribution in [3.05, 3.63) is 181 Å². The summed E-state index contributed by atoms with van der Waals surface area (Å²) in [6.07, 6.45) is 1.03. The number of hydrogen-bond acceptors (Lipinski definition) is 2. The minimum Gasteiger partial charge on any atom is -0.311 e. The van der Waals surface area contributed by atoms with Crippen LogP contribution in [0.15, 0.2) is 170 Å². The molecule has 0 atom stereocenters. The molecule has 0 saturated carbocycles. The molecule has 6 aromatic carbocycles. The molecule has 200 valence electrons. The summed E-state index contributed by atoms with van der Waals surface area (Å²) in [6.45, 7) is 2.27. The zero-order valence-electron chi connectivity index (χ0n) is 23.3. The van der Waals surface area contributed by atoms with Gasteiger partial charge in [0.05, 0.1) is 0 Å². The Labute approximate surface area is 243 Å². The van der Waals surface area contributed by atoms with Gasteiger partial charge in [-0.2, -0.15) is 0 Å². The Bertz CT molecular complexity index is 1430. The first-order chi connectivity index (χ1) is 20.3. The van der Waals surface area contributed by atoms with E-state index in [1.165, 1.54) is 11.1 Å². The van der Waals surface area contributed by atoms with Crippen LogP contribution in [-0.2, 0) is 0 Å². The van der Waals surface area contributed by atoms with Gasteiger partial charge in [0.2, 0.25) is 0 Å². The fourth-order valence-electron chi connectivity index (χ4n) is 5.58. The van der Waals surface area contributed by atoms with Gasteiger partial charge in [0, 0.05) is 40.0 Å². The van der Waals surface area contributed by atoms with Crippen LogP contribution in [-0.4, -0.2) is 0 Å². The van der Waals surface area contributed by atoms with Gasteiger partial charge in [0.15, 0.2) is 0 Å². The largest absolute Gasteiger partial charge is 0.311 e. The van der Waals surface area contributed by atoms with E-state index in [1.807, 2.05) is 0 Å². The summed E-state index contributed by atoms with van der Waals surface area (Å²) in [4.78, 5) is 4.61. The molecule has 0 fully saturated rings. The molecule has 2 heteroatoms. The van der Waals surface area contributed by atoms with E-state index in [1.54, 1.807) is 0 Å². The molecule has 2 nitrogen and oxygen atoms in total. The number of nitrogens with zero attached hydrogens (tertiary/aromatic N) is 2. The third-order valence-corrected chi connectivity index (χ3v) is 7.57. The highest BCUT2D eigenvalue weighted by Crippen LogP contribution is 2.38. The lowest BCUT2D eigenvalue weighted by molar-refractivity contribution is 0.777. The normalized spacial score (nSPS) is 10.9. The molecule has 0 aliphatic heterocycles. The Morgan fingerprint density at radius 1 is 0.341 bits per heavy atom. The van der Waals surface area contributed by atoms with Crippen LogP contribution in [0.2, 0.25) is 0 Å². The van der Waals surface area contributed by atoms with Crippen molar-refractivity contribution in [2.75, 3.05) is 9.80 Å². The van der Waals surface area contributed by atoms with Crippen molar-refractivity contribution in [2.24, 2.45) is 0 Å². The van der Waals surface area contributed by atoms with Crippen LogP contribution in [0.5, 0.6) is 0 Å². The second-order valence-corrected chi connectivity index (χ2v) is 10.2. The summed E-state index contributed by atoms with van der Waals surface area (Å²) in [7, 11) is 0. The van der Waals surface area contributed by atoms with E-state index < -0.39 is 0 Å². The van der Waals surface area contributed by atoms with E-state index in [2.05, 4.69) is 187 Å². The van der Waals surface area contributed by atoms with E-state index in [0.717, 1.165) is 40.5 Å². The van der Waals surface area contributed by atoms with Crippen LogP contribution < -0.4 is 9.80 Å². The fraction of sp³-hybridized carbons (Fsp3) is 0.0769. The Kier molecular flexibility index (Phi) is 7.91.